The molecule has 0 bridgehead atoms. The first-order valence-electron chi connectivity index (χ1n) is 5.22. The third-order valence-corrected chi connectivity index (χ3v) is 3.73. The summed E-state index contributed by atoms with van der Waals surface area (Å²) in [6.07, 6.45) is 3.59. The van der Waals surface area contributed by atoms with Crippen LogP contribution in [0.4, 0.5) is 0 Å². The van der Waals surface area contributed by atoms with Gasteiger partial charge in [0.05, 0.1) is 0 Å². The summed E-state index contributed by atoms with van der Waals surface area (Å²) in [5.41, 5.74) is 2.07. The Morgan fingerprint density at radius 1 is 1.12 bits per heavy atom. The van der Waals surface area contributed by atoms with Gasteiger partial charge in [-0.2, -0.15) is 5.26 Å². The van der Waals surface area contributed by atoms with Crippen LogP contribution in [0.25, 0.3) is 21.2 Å². The topological polar surface area (TPSA) is 36.7 Å². The zero-order valence-corrected chi connectivity index (χ0v) is 9.74. The zero-order valence-electron chi connectivity index (χ0n) is 8.92. The lowest BCUT2D eigenvalue weighted by Crippen LogP contribution is -1.78. The smallest absolute Gasteiger partial charge is 0.113 e. The number of fused-ring (bicyclic) bond motifs is 1. The predicted octanol–water partition coefficient (Wildman–Crippen LogP) is 3.83. The molecule has 1 aromatic carbocycles. The highest BCUT2D eigenvalue weighted by Gasteiger charge is 2.13. The van der Waals surface area contributed by atoms with Crippen LogP contribution in [0.5, 0.6) is 0 Å². The molecule has 0 atom stereocenters. The molecule has 0 aliphatic heterocycles. The maximum Gasteiger partial charge on any atom is 0.113 e. The Balaban J connectivity index is 2.39. The molecule has 0 saturated heterocycles. The number of nitriles is 1. The average Bonchev–Trinajstić information content (AvgIpc) is 2.78. The van der Waals surface area contributed by atoms with Crippen LogP contribution < -0.4 is 0 Å². The van der Waals surface area contributed by atoms with Crippen LogP contribution in [0.15, 0.2) is 48.8 Å². The monoisotopic (exact) mass is 236 g/mol. The first kappa shape index (κ1) is 10.0. The summed E-state index contributed by atoms with van der Waals surface area (Å²) in [4.78, 5) is 4.89. The lowest BCUT2D eigenvalue weighted by molar-refractivity contribution is 1.37. The lowest BCUT2D eigenvalue weighted by atomic mass is 10.0. The van der Waals surface area contributed by atoms with Crippen molar-refractivity contribution >= 4 is 21.4 Å². The molecule has 0 radical (unpaired) electrons. The number of aromatic nitrogens is 1. The first-order valence-corrected chi connectivity index (χ1v) is 6.04. The number of benzene rings is 1. The fourth-order valence-corrected chi connectivity index (χ4v) is 2.90. The van der Waals surface area contributed by atoms with Crippen LogP contribution >= 0.6 is 11.3 Å². The molecule has 17 heavy (non-hydrogen) atoms. The van der Waals surface area contributed by atoms with Gasteiger partial charge in [-0.3, -0.25) is 4.98 Å². The van der Waals surface area contributed by atoms with Crippen LogP contribution in [0, 0.1) is 11.3 Å². The summed E-state index contributed by atoms with van der Waals surface area (Å²) in [6.45, 7) is 0. The van der Waals surface area contributed by atoms with Crippen LogP contribution in [0.3, 0.4) is 0 Å². The Labute approximate surface area is 103 Å². The van der Waals surface area contributed by atoms with Crippen LogP contribution in [-0.2, 0) is 0 Å². The van der Waals surface area contributed by atoms with Gasteiger partial charge < -0.3 is 0 Å². The standard InChI is InChI=1S/C14H8N2S/c15-8-13-14(10-4-2-1-3-5-10)11-9-16-7-6-12(11)17-13/h1-7,9H. The maximum absolute atomic E-state index is 9.22. The molecular formula is C14H8N2S. The number of nitrogens with zero attached hydrogens (tertiary/aromatic N) is 2. The molecular weight excluding hydrogens is 228 g/mol. The third-order valence-electron chi connectivity index (χ3n) is 2.65. The van der Waals surface area contributed by atoms with Crippen LogP contribution in [0.1, 0.15) is 4.88 Å². The predicted molar refractivity (Wildman–Crippen MR) is 69.8 cm³/mol. The van der Waals surface area contributed by atoms with Crippen LogP contribution in [-0.4, -0.2) is 4.98 Å². The number of thiophene rings is 1. The zero-order chi connectivity index (χ0) is 11.7. The van der Waals surface area contributed by atoms with Crippen molar-refractivity contribution in [1.29, 1.82) is 5.26 Å². The highest BCUT2D eigenvalue weighted by molar-refractivity contribution is 7.20. The minimum atomic E-state index is 0.749. The van der Waals surface area contributed by atoms with Gasteiger partial charge in [0.25, 0.3) is 0 Å². The van der Waals surface area contributed by atoms with Gasteiger partial charge in [-0.25, -0.2) is 0 Å². The van der Waals surface area contributed by atoms with E-state index in [0.29, 0.717) is 0 Å². The lowest BCUT2D eigenvalue weighted by Gasteiger charge is -1.99. The molecule has 2 heterocycles. The maximum atomic E-state index is 9.22. The summed E-state index contributed by atoms with van der Waals surface area (Å²) >= 11 is 1.52. The fourth-order valence-electron chi connectivity index (χ4n) is 1.91. The molecule has 0 spiro atoms. The highest BCUT2D eigenvalue weighted by atomic mass is 32.1. The molecule has 0 amide bonds. The second kappa shape index (κ2) is 4.00. The minimum absolute atomic E-state index is 0.749. The Hall–Kier alpha value is -2.18. The fraction of sp³-hybridized carbons (Fsp3) is 0. The van der Waals surface area contributed by atoms with Gasteiger partial charge in [0.2, 0.25) is 0 Å². The van der Waals surface area contributed by atoms with Gasteiger partial charge >= 0.3 is 0 Å². The van der Waals surface area contributed by atoms with E-state index >= 15 is 0 Å². The van der Waals surface area contributed by atoms with Gasteiger partial charge in [-0.1, -0.05) is 30.3 Å². The molecule has 0 unspecified atom stereocenters. The molecule has 0 aliphatic rings. The Morgan fingerprint density at radius 2 is 1.94 bits per heavy atom. The molecule has 3 rings (SSSR count). The molecule has 0 saturated carbocycles. The number of hydrogen-bond acceptors (Lipinski definition) is 3. The quantitative estimate of drug-likeness (QED) is 0.643. The van der Waals surface area contributed by atoms with Crippen molar-refractivity contribution in [2.45, 2.75) is 0 Å². The molecule has 0 aliphatic carbocycles. The van der Waals surface area contributed by atoms with E-state index in [2.05, 4.69) is 11.1 Å². The first-order chi connectivity index (χ1) is 8.40. The summed E-state index contributed by atoms with van der Waals surface area (Å²) < 4.78 is 1.11. The molecule has 3 heteroatoms. The highest BCUT2D eigenvalue weighted by Crippen LogP contribution is 2.37. The normalized spacial score (nSPS) is 10.3. The minimum Gasteiger partial charge on any atom is -0.264 e. The van der Waals surface area contributed by atoms with Crippen molar-refractivity contribution in [3.8, 4) is 17.2 Å². The van der Waals surface area contributed by atoms with Crippen molar-refractivity contribution in [2.24, 2.45) is 0 Å². The van der Waals surface area contributed by atoms with E-state index in [1.807, 2.05) is 42.6 Å². The molecule has 3 aromatic rings. The molecule has 0 fully saturated rings. The summed E-state index contributed by atoms with van der Waals surface area (Å²) in [7, 11) is 0. The van der Waals surface area contributed by atoms with Gasteiger partial charge in [0, 0.05) is 28.0 Å². The van der Waals surface area contributed by atoms with E-state index < -0.39 is 0 Å². The van der Waals surface area contributed by atoms with Gasteiger partial charge in [0.1, 0.15) is 10.9 Å². The van der Waals surface area contributed by atoms with Crippen molar-refractivity contribution in [3.63, 3.8) is 0 Å². The third kappa shape index (κ3) is 1.59. The van der Waals surface area contributed by atoms with E-state index in [-0.39, 0.29) is 0 Å². The van der Waals surface area contributed by atoms with Crippen molar-refractivity contribution in [3.05, 3.63) is 53.7 Å². The Morgan fingerprint density at radius 3 is 2.71 bits per heavy atom. The molecule has 2 nitrogen and oxygen atoms in total. The van der Waals surface area contributed by atoms with Gasteiger partial charge in [0.15, 0.2) is 0 Å². The average molecular weight is 236 g/mol. The largest absolute Gasteiger partial charge is 0.264 e. The summed E-state index contributed by atoms with van der Waals surface area (Å²) in [5.74, 6) is 0. The van der Waals surface area contributed by atoms with Crippen molar-refractivity contribution in [2.75, 3.05) is 0 Å². The summed E-state index contributed by atoms with van der Waals surface area (Å²) in [6, 6.07) is 14.2. The van der Waals surface area contributed by atoms with E-state index in [4.69, 9.17) is 0 Å². The second-order valence-electron chi connectivity index (χ2n) is 3.66. The van der Waals surface area contributed by atoms with Crippen molar-refractivity contribution < 1.29 is 0 Å². The number of pyridine rings is 1. The number of hydrogen-bond donors (Lipinski definition) is 0. The Bertz CT molecular complexity index is 708. The summed E-state index contributed by atoms with van der Waals surface area (Å²) in [5, 5.41) is 10.3. The number of rotatable bonds is 1. The molecule has 2 aromatic heterocycles. The molecule has 80 valence electrons. The van der Waals surface area contributed by atoms with Crippen LogP contribution in [0.2, 0.25) is 0 Å². The van der Waals surface area contributed by atoms with Gasteiger partial charge in [-0.05, 0) is 11.6 Å². The van der Waals surface area contributed by atoms with E-state index in [1.54, 1.807) is 6.20 Å². The SMILES string of the molecule is N#Cc1sc2ccncc2c1-c1ccccc1. The molecule has 0 N–H and O–H groups in total. The second-order valence-corrected chi connectivity index (χ2v) is 4.71. The van der Waals surface area contributed by atoms with Gasteiger partial charge in [-0.15, -0.1) is 11.3 Å². The van der Waals surface area contributed by atoms with E-state index in [1.165, 1.54) is 11.3 Å². The Kier molecular flexibility index (Phi) is 2.36. The van der Waals surface area contributed by atoms with E-state index in [9.17, 15) is 5.26 Å². The van der Waals surface area contributed by atoms with E-state index in [0.717, 1.165) is 26.1 Å². The van der Waals surface area contributed by atoms with Crippen molar-refractivity contribution in [1.82, 2.24) is 4.98 Å².